The number of hydrogen-bond donors (Lipinski definition) is 3. The zero-order chi connectivity index (χ0) is 11.6. The van der Waals surface area contributed by atoms with E-state index in [0.717, 1.165) is 0 Å². The van der Waals surface area contributed by atoms with Crippen LogP contribution in [0.15, 0.2) is 0 Å². The van der Waals surface area contributed by atoms with Crippen LogP contribution in [0.25, 0.3) is 0 Å². The highest BCUT2D eigenvalue weighted by molar-refractivity contribution is 5.86. The summed E-state index contributed by atoms with van der Waals surface area (Å²) < 4.78 is 0. The number of aliphatic carboxylic acids is 2. The van der Waals surface area contributed by atoms with Crippen molar-refractivity contribution < 1.29 is 19.8 Å². The first-order valence-electron chi connectivity index (χ1n) is 4.31. The van der Waals surface area contributed by atoms with Gasteiger partial charge in [0.1, 0.15) is 5.54 Å². The third kappa shape index (κ3) is 2.23. The van der Waals surface area contributed by atoms with Gasteiger partial charge in [0.25, 0.3) is 0 Å². The first-order valence-corrected chi connectivity index (χ1v) is 4.31. The van der Waals surface area contributed by atoms with Crippen LogP contribution in [0.5, 0.6) is 0 Å². The smallest absolute Gasteiger partial charge is 0.325 e. The highest BCUT2D eigenvalue weighted by Gasteiger charge is 2.49. The Hall–Kier alpha value is -1.10. The second-order valence-electron chi connectivity index (χ2n) is 4.28. The van der Waals surface area contributed by atoms with E-state index in [1.807, 2.05) is 0 Å². The molecule has 0 amide bonds. The van der Waals surface area contributed by atoms with Gasteiger partial charge in [0.15, 0.2) is 0 Å². The number of hydrogen-bond acceptors (Lipinski definition) is 3. The van der Waals surface area contributed by atoms with Crippen molar-refractivity contribution >= 4 is 11.9 Å². The molecule has 5 nitrogen and oxygen atoms in total. The number of carboxylic acid groups (broad SMARTS) is 2. The lowest BCUT2D eigenvalue weighted by Crippen LogP contribution is -2.60. The highest BCUT2D eigenvalue weighted by Crippen LogP contribution is 2.33. The molecule has 0 spiro atoms. The fourth-order valence-corrected chi connectivity index (χ4v) is 1.46. The number of rotatable bonds is 4. The predicted octanol–water partition coefficient (Wildman–Crippen LogP) is 0.550. The van der Waals surface area contributed by atoms with Crippen molar-refractivity contribution in [3.05, 3.63) is 0 Å². The van der Waals surface area contributed by atoms with E-state index in [9.17, 15) is 9.59 Å². The van der Waals surface area contributed by atoms with E-state index >= 15 is 0 Å². The fraction of sp³-hybridized carbons (Fsp3) is 0.778. The summed E-state index contributed by atoms with van der Waals surface area (Å²) in [6.45, 7) is 5.08. The molecule has 0 saturated carbocycles. The third-order valence-electron chi connectivity index (χ3n) is 2.49. The normalized spacial score (nSPS) is 16.0. The van der Waals surface area contributed by atoms with Gasteiger partial charge < -0.3 is 15.5 Å². The topological polar surface area (TPSA) is 86.6 Å². The molecule has 0 rings (SSSR count). The Kier molecular flexibility index (Phi) is 3.65. The van der Waals surface area contributed by atoms with E-state index in [1.54, 1.807) is 20.8 Å². The Morgan fingerprint density at radius 2 is 1.64 bits per heavy atom. The summed E-state index contributed by atoms with van der Waals surface area (Å²) in [6.07, 6.45) is -0.442. The Balaban J connectivity index is 5.20. The molecule has 0 aromatic carbocycles. The highest BCUT2D eigenvalue weighted by atomic mass is 16.4. The molecule has 0 aliphatic rings. The molecule has 0 aromatic rings. The second-order valence-corrected chi connectivity index (χ2v) is 4.28. The monoisotopic (exact) mass is 203 g/mol. The van der Waals surface area contributed by atoms with E-state index < -0.39 is 29.3 Å². The lowest BCUT2D eigenvalue weighted by atomic mass is 9.71. The molecule has 82 valence electrons. The Labute approximate surface area is 83.1 Å². The minimum Gasteiger partial charge on any atom is -0.481 e. The molecule has 0 bridgehead atoms. The minimum absolute atomic E-state index is 0.442. The minimum atomic E-state index is -1.43. The summed E-state index contributed by atoms with van der Waals surface area (Å²) in [5.41, 5.74) is -2.11. The quantitative estimate of drug-likeness (QED) is 0.621. The van der Waals surface area contributed by atoms with Gasteiger partial charge in [-0.15, -0.1) is 0 Å². The molecule has 0 fully saturated rings. The van der Waals surface area contributed by atoms with Crippen LogP contribution in [-0.2, 0) is 9.59 Å². The van der Waals surface area contributed by atoms with Gasteiger partial charge in [0.2, 0.25) is 0 Å². The van der Waals surface area contributed by atoms with Crippen LogP contribution >= 0.6 is 0 Å². The summed E-state index contributed by atoms with van der Waals surface area (Å²) in [7, 11) is 1.46. The van der Waals surface area contributed by atoms with Crippen molar-refractivity contribution in [2.45, 2.75) is 32.7 Å². The summed E-state index contributed by atoms with van der Waals surface area (Å²) in [5, 5.41) is 20.4. The van der Waals surface area contributed by atoms with Gasteiger partial charge in [0, 0.05) is 0 Å². The van der Waals surface area contributed by atoms with E-state index in [1.165, 1.54) is 7.05 Å². The molecule has 0 aliphatic carbocycles. The first-order chi connectivity index (χ1) is 6.17. The van der Waals surface area contributed by atoms with Crippen molar-refractivity contribution in [2.24, 2.45) is 5.41 Å². The zero-order valence-corrected chi connectivity index (χ0v) is 8.92. The average Bonchev–Trinajstić information content (AvgIpc) is 1.96. The Morgan fingerprint density at radius 3 is 1.71 bits per heavy atom. The molecule has 3 N–H and O–H groups in total. The number of nitrogens with one attached hydrogen (secondary N) is 1. The zero-order valence-electron chi connectivity index (χ0n) is 8.92. The molecule has 1 atom stereocenters. The van der Waals surface area contributed by atoms with Crippen LogP contribution in [0, 0.1) is 5.41 Å². The first kappa shape index (κ1) is 12.9. The molecule has 0 aromatic heterocycles. The standard InChI is InChI=1S/C9H17NO4/c1-8(2,3)9(10-4,7(13)14)5-6(11)12/h10H,5H2,1-4H3,(H,11,12)(H,13,14). The van der Waals surface area contributed by atoms with Gasteiger partial charge in [-0.1, -0.05) is 20.8 Å². The second kappa shape index (κ2) is 3.96. The van der Waals surface area contributed by atoms with Crippen LogP contribution in [-0.4, -0.2) is 34.7 Å². The maximum Gasteiger partial charge on any atom is 0.325 e. The fourth-order valence-electron chi connectivity index (χ4n) is 1.46. The molecule has 5 heteroatoms. The van der Waals surface area contributed by atoms with Gasteiger partial charge in [-0.3, -0.25) is 9.59 Å². The molecule has 1 unspecified atom stereocenters. The van der Waals surface area contributed by atoms with Gasteiger partial charge in [0.05, 0.1) is 6.42 Å². The van der Waals surface area contributed by atoms with Crippen LogP contribution in [0.3, 0.4) is 0 Å². The van der Waals surface area contributed by atoms with Gasteiger partial charge in [-0.05, 0) is 12.5 Å². The van der Waals surface area contributed by atoms with Crippen LogP contribution in [0.2, 0.25) is 0 Å². The van der Waals surface area contributed by atoms with Gasteiger partial charge >= 0.3 is 11.9 Å². The number of likely N-dealkylation sites (N-methyl/N-ethyl adjacent to an activating group) is 1. The lowest BCUT2D eigenvalue weighted by molar-refractivity contribution is -0.156. The van der Waals surface area contributed by atoms with Crippen LogP contribution in [0.4, 0.5) is 0 Å². The maximum absolute atomic E-state index is 11.1. The Bertz CT molecular complexity index is 244. The molecular formula is C9H17NO4. The maximum atomic E-state index is 11.1. The summed E-state index contributed by atoms with van der Waals surface area (Å²) in [6, 6.07) is 0. The lowest BCUT2D eigenvalue weighted by Gasteiger charge is -2.39. The van der Waals surface area contributed by atoms with E-state index in [0.29, 0.717) is 0 Å². The van der Waals surface area contributed by atoms with Gasteiger partial charge in [-0.2, -0.15) is 0 Å². The number of carbonyl (C=O) groups is 2. The van der Waals surface area contributed by atoms with E-state index in [2.05, 4.69) is 5.32 Å². The SMILES string of the molecule is CNC(CC(=O)O)(C(=O)O)C(C)(C)C. The van der Waals surface area contributed by atoms with Crippen molar-refractivity contribution in [3.63, 3.8) is 0 Å². The molecule has 14 heavy (non-hydrogen) atoms. The molecule has 0 heterocycles. The largest absolute Gasteiger partial charge is 0.481 e. The number of carboxylic acids is 2. The Morgan fingerprint density at radius 1 is 1.21 bits per heavy atom. The molecule has 0 saturated heterocycles. The summed E-state index contributed by atoms with van der Waals surface area (Å²) in [5.74, 6) is -2.27. The summed E-state index contributed by atoms with van der Waals surface area (Å²) in [4.78, 5) is 21.7. The molecule has 0 aliphatic heterocycles. The van der Waals surface area contributed by atoms with Crippen LogP contribution < -0.4 is 5.32 Å². The predicted molar refractivity (Wildman–Crippen MR) is 51.1 cm³/mol. The molecule has 0 radical (unpaired) electrons. The third-order valence-corrected chi connectivity index (χ3v) is 2.49. The van der Waals surface area contributed by atoms with Crippen LogP contribution in [0.1, 0.15) is 27.2 Å². The van der Waals surface area contributed by atoms with Crippen molar-refractivity contribution in [2.75, 3.05) is 7.05 Å². The van der Waals surface area contributed by atoms with Crippen molar-refractivity contribution in [3.8, 4) is 0 Å². The molecular weight excluding hydrogens is 186 g/mol. The van der Waals surface area contributed by atoms with Crippen molar-refractivity contribution in [1.29, 1.82) is 0 Å². The van der Waals surface area contributed by atoms with E-state index in [4.69, 9.17) is 10.2 Å². The van der Waals surface area contributed by atoms with E-state index in [-0.39, 0.29) is 0 Å². The average molecular weight is 203 g/mol. The van der Waals surface area contributed by atoms with Crippen molar-refractivity contribution in [1.82, 2.24) is 5.32 Å². The van der Waals surface area contributed by atoms with Gasteiger partial charge in [-0.25, -0.2) is 0 Å². The summed E-state index contributed by atoms with van der Waals surface area (Å²) >= 11 is 0.